The van der Waals surface area contributed by atoms with Crippen molar-refractivity contribution in [3.8, 4) is 0 Å². The number of rotatable bonds is 1. The topological polar surface area (TPSA) is 0 Å². The van der Waals surface area contributed by atoms with Crippen LogP contribution < -0.4 is 0 Å². The summed E-state index contributed by atoms with van der Waals surface area (Å²) in [6, 6.07) is 0. The van der Waals surface area contributed by atoms with E-state index < -0.39 is 0 Å². The van der Waals surface area contributed by atoms with Crippen molar-refractivity contribution in [2.75, 3.05) is 0 Å². The van der Waals surface area contributed by atoms with E-state index in [1.54, 1.807) is 0 Å². The van der Waals surface area contributed by atoms with E-state index in [1.165, 1.54) is 25.7 Å². The molecule has 0 spiro atoms. The highest BCUT2D eigenvalue weighted by atomic mass is 14.4. The molecule has 2 aliphatic carbocycles. The molecular weight excluding hydrogens is 156 g/mol. The Hall–Kier alpha value is -0.520. The molecule has 2 rings (SSSR count). The number of hydrogen-bond donors (Lipinski definition) is 0. The molecule has 0 aromatic rings. The summed E-state index contributed by atoms with van der Waals surface area (Å²) in [5.74, 6) is 1.71. The summed E-state index contributed by atoms with van der Waals surface area (Å²) in [4.78, 5) is 0. The number of allylic oxidation sites excluding steroid dienone is 4. The van der Waals surface area contributed by atoms with Crippen molar-refractivity contribution >= 4 is 0 Å². The molecular formula is C13H20. The molecule has 2 atom stereocenters. The van der Waals surface area contributed by atoms with Crippen LogP contribution in [0, 0.1) is 17.3 Å². The predicted octanol–water partition coefficient (Wildman–Crippen LogP) is 3.95. The quantitative estimate of drug-likeness (QED) is 0.531. The van der Waals surface area contributed by atoms with Gasteiger partial charge in [0.1, 0.15) is 0 Å². The van der Waals surface area contributed by atoms with Gasteiger partial charge in [-0.2, -0.15) is 0 Å². The smallest absolute Gasteiger partial charge is 0.00295 e. The van der Waals surface area contributed by atoms with Gasteiger partial charge in [-0.05, 0) is 42.9 Å². The summed E-state index contributed by atoms with van der Waals surface area (Å²) in [6.07, 6.45) is 14.9. The first-order chi connectivity index (χ1) is 6.26. The summed E-state index contributed by atoms with van der Waals surface area (Å²) in [5, 5.41) is 0. The Morgan fingerprint density at radius 1 is 1.23 bits per heavy atom. The van der Waals surface area contributed by atoms with E-state index in [4.69, 9.17) is 0 Å². The van der Waals surface area contributed by atoms with E-state index in [0.29, 0.717) is 5.41 Å². The van der Waals surface area contributed by atoms with Crippen molar-refractivity contribution in [3.05, 3.63) is 24.3 Å². The molecule has 0 fully saturated rings. The van der Waals surface area contributed by atoms with Gasteiger partial charge in [-0.25, -0.2) is 0 Å². The van der Waals surface area contributed by atoms with Crippen molar-refractivity contribution in [1.82, 2.24) is 0 Å². The predicted molar refractivity (Wildman–Crippen MR) is 57.5 cm³/mol. The average molecular weight is 176 g/mol. The van der Waals surface area contributed by atoms with E-state index in [0.717, 1.165) is 11.8 Å². The van der Waals surface area contributed by atoms with Crippen molar-refractivity contribution < 1.29 is 0 Å². The van der Waals surface area contributed by atoms with E-state index in [2.05, 4.69) is 38.2 Å². The third-order valence-corrected chi connectivity index (χ3v) is 4.00. The van der Waals surface area contributed by atoms with Crippen LogP contribution in [0.5, 0.6) is 0 Å². The fraction of sp³-hybridized carbons (Fsp3) is 0.692. The molecule has 0 saturated carbocycles. The SMILES string of the molecule is CC(C)C12C=CCCC1CC=CC2. The molecule has 0 heteroatoms. The fourth-order valence-corrected chi connectivity index (χ4v) is 3.02. The van der Waals surface area contributed by atoms with Gasteiger partial charge in [-0.15, -0.1) is 0 Å². The lowest BCUT2D eigenvalue weighted by molar-refractivity contribution is 0.130. The van der Waals surface area contributed by atoms with Crippen molar-refractivity contribution in [3.63, 3.8) is 0 Å². The minimum Gasteiger partial charge on any atom is -0.0882 e. The van der Waals surface area contributed by atoms with Gasteiger partial charge in [-0.3, -0.25) is 0 Å². The molecule has 0 aliphatic heterocycles. The molecule has 0 bridgehead atoms. The molecule has 0 aromatic heterocycles. The Labute approximate surface area is 81.7 Å². The molecule has 0 N–H and O–H groups in total. The Kier molecular flexibility index (Phi) is 2.31. The van der Waals surface area contributed by atoms with Crippen molar-refractivity contribution in [2.45, 2.75) is 39.5 Å². The van der Waals surface area contributed by atoms with E-state index >= 15 is 0 Å². The number of fused-ring (bicyclic) bond motifs is 1. The first-order valence-electron chi connectivity index (χ1n) is 5.58. The van der Waals surface area contributed by atoms with Crippen LogP contribution in [0.15, 0.2) is 24.3 Å². The maximum Gasteiger partial charge on any atom is -0.00295 e. The summed E-state index contributed by atoms with van der Waals surface area (Å²) < 4.78 is 0. The minimum atomic E-state index is 0.507. The maximum atomic E-state index is 2.51. The van der Waals surface area contributed by atoms with E-state index in [1.807, 2.05) is 0 Å². The van der Waals surface area contributed by atoms with Crippen LogP contribution in [0.4, 0.5) is 0 Å². The van der Waals surface area contributed by atoms with Gasteiger partial charge in [0.15, 0.2) is 0 Å². The van der Waals surface area contributed by atoms with Crippen LogP contribution in [0.2, 0.25) is 0 Å². The van der Waals surface area contributed by atoms with Gasteiger partial charge in [0, 0.05) is 0 Å². The zero-order chi connectivity index (χ0) is 9.31. The van der Waals surface area contributed by atoms with Crippen LogP contribution >= 0.6 is 0 Å². The summed E-state index contributed by atoms with van der Waals surface area (Å²) >= 11 is 0. The highest BCUT2D eigenvalue weighted by molar-refractivity contribution is 5.15. The molecule has 0 amide bonds. The van der Waals surface area contributed by atoms with Gasteiger partial charge in [0.25, 0.3) is 0 Å². The Morgan fingerprint density at radius 3 is 2.77 bits per heavy atom. The van der Waals surface area contributed by atoms with Crippen LogP contribution in [-0.2, 0) is 0 Å². The van der Waals surface area contributed by atoms with Gasteiger partial charge < -0.3 is 0 Å². The van der Waals surface area contributed by atoms with Crippen LogP contribution in [0.1, 0.15) is 39.5 Å². The summed E-state index contributed by atoms with van der Waals surface area (Å²) in [5.41, 5.74) is 0.507. The lowest BCUT2D eigenvalue weighted by Gasteiger charge is -2.45. The van der Waals surface area contributed by atoms with E-state index in [9.17, 15) is 0 Å². The largest absolute Gasteiger partial charge is 0.0882 e. The second-order valence-electron chi connectivity index (χ2n) is 4.85. The van der Waals surface area contributed by atoms with Gasteiger partial charge >= 0.3 is 0 Å². The molecule has 0 saturated heterocycles. The van der Waals surface area contributed by atoms with Crippen LogP contribution in [0.3, 0.4) is 0 Å². The lowest BCUT2D eigenvalue weighted by atomic mass is 9.59. The van der Waals surface area contributed by atoms with Crippen LogP contribution in [-0.4, -0.2) is 0 Å². The first kappa shape index (κ1) is 9.05. The molecule has 0 aromatic carbocycles. The second kappa shape index (κ2) is 3.32. The average Bonchev–Trinajstić information content (AvgIpc) is 2.17. The third-order valence-electron chi connectivity index (χ3n) is 4.00. The minimum absolute atomic E-state index is 0.507. The summed E-state index contributed by atoms with van der Waals surface area (Å²) in [6.45, 7) is 4.75. The molecule has 0 heterocycles. The molecule has 2 unspecified atom stereocenters. The molecule has 2 aliphatic rings. The Balaban J connectivity index is 2.32. The lowest BCUT2D eigenvalue weighted by Crippen LogP contribution is -2.36. The maximum absolute atomic E-state index is 2.51. The molecule has 13 heavy (non-hydrogen) atoms. The van der Waals surface area contributed by atoms with Crippen molar-refractivity contribution in [2.24, 2.45) is 17.3 Å². The zero-order valence-electron chi connectivity index (χ0n) is 8.79. The Morgan fingerprint density at radius 2 is 2.08 bits per heavy atom. The second-order valence-corrected chi connectivity index (χ2v) is 4.85. The standard InChI is InChI=1S/C13H20/c1-11(2)13-9-5-3-7-12(13)8-4-6-10-13/h3,5-6,10-12H,4,7-9H2,1-2H3. The highest BCUT2D eigenvalue weighted by Crippen LogP contribution is 2.49. The van der Waals surface area contributed by atoms with E-state index in [-0.39, 0.29) is 0 Å². The van der Waals surface area contributed by atoms with Crippen LogP contribution in [0.25, 0.3) is 0 Å². The fourth-order valence-electron chi connectivity index (χ4n) is 3.02. The molecule has 72 valence electrons. The van der Waals surface area contributed by atoms with Gasteiger partial charge in [0.05, 0.1) is 0 Å². The Bertz CT molecular complexity index is 234. The van der Waals surface area contributed by atoms with Crippen molar-refractivity contribution in [1.29, 1.82) is 0 Å². The number of hydrogen-bond acceptors (Lipinski definition) is 0. The normalized spacial score (nSPS) is 37.9. The van der Waals surface area contributed by atoms with Gasteiger partial charge in [-0.1, -0.05) is 38.2 Å². The highest BCUT2D eigenvalue weighted by Gasteiger charge is 2.40. The first-order valence-corrected chi connectivity index (χ1v) is 5.58. The van der Waals surface area contributed by atoms with Gasteiger partial charge in [0.2, 0.25) is 0 Å². The molecule has 0 nitrogen and oxygen atoms in total. The zero-order valence-corrected chi connectivity index (χ0v) is 8.79. The third kappa shape index (κ3) is 1.37. The molecule has 0 radical (unpaired) electrons. The monoisotopic (exact) mass is 176 g/mol. The summed E-state index contributed by atoms with van der Waals surface area (Å²) in [7, 11) is 0.